The lowest BCUT2D eigenvalue weighted by atomic mass is 9.95. The monoisotopic (exact) mass is 308 g/mol. The summed E-state index contributed by atoms with van der Waals surface area (Å²) in [5.74, 6) is 0.695. The molecule has 1 aliphatic heterocycles. The van der Waals surface area contributed by atoms with Gasteiger partial charge in [-0.3, -0.25) is 0 Å². The highest BCUT2D eigenvalue weighted by molar-refractivity contribution is 6.30. The van der Waals surface area contributed by atoms with Gasteiger partial charge in [-0.05, 0) is 29.8 Å². The molecule has 5 heteroatoms. The summed E-state index contributed by atoms with van der Waals surface area (Å²) < 4.78 is 24.6. The first-order chi connectivity index (χ1) is 10.1. The lowest BCUT2D eigenvalue weighted by Crippen LogP contribution is -2.19. The van der Waals surface area contributed by atoms with Crippen molar-refractivity contribution in [3.63, 3.8) is 0 Å². The first-order valence-electron chi connectivity index (χ1n) is 6.56. The van der Waals surface area contributed by atoms with E-state index in [1.807, 2.05) is 0 Å². The zero-order valence-electron chi connectivity index (χ0n) is 11.3. The van der Waals surface area contributed by atoms with E-state index < -0.39 is 18.0 Å². The SMILES string of the molecule is COc1ccc2c(c1)OC(c1ccc(Cl)c(F)c1)C[C@@H]2O. The molecule has 0 radical (unpaired) electrons. The molecule has 1 unspecified atom stereocenters. The van der Waals surface area contributed by atoms with E-state index in [0.717, 1.165) is 0 Å². The molecule has 0 bridgehead atoms. The lowest BCUT2D eigenvalue weighted by molar-refractivity contribution is 0.0653. The maximum absolute atomic E-state index is 13.6. The van der Waals surface area contributed by atoms with Crippen LogP contribution >= 0.6 is 11.6 Å². The Kier molecular flexibility index (Phi) is 3.74. The first kappa shape index (κ1) is 14.2. The van der Waals surface area contributed by atoms with Crippen molar-refractivity contribution in [2.75, 3.05) is 7.11 Å². The molecule has 3 nitrogen and oxygen atoms in total. The molecule has 2 atom stereocenters. The average molecular weight is 309 g/mol. The fourth-order valence-electron chi connectivity index (χ4n) is 2.47. The molecule has 0 fully saturated rings. The van der Waals surface area contributed by atoms with E-state index in [2.05, 4.69) is 0 Å². The van der Waals surface area contributed by atoms with Crippen LogP contribution < -0.4 is 9.47 Å². The van der Waals surface area contributed by atoms with Crippen molar-refractivity contribution in [2.45, 2.75) is 18.6 Å². The zero-order valence-corrected chi connectivity index (χ0v) is 12.1. The van der Waals surface area contributed by atoms with Crippen molar-refractivity contribution in [1.29, 1.82) is 0 Å². The minimum Gasteiger partial charge on any atom is -0.497 e. The molecule has 21 heavy (non-hydrogen) atoms. The van der Waals surface area contributed by atoms with E-state index in [9.17, 15) is 9.50 Å². The topological polar surface area (TPSA) is 38.7 Å². The third-order valence-corrected chi connectivity index (χ3v) is 3.91. The Hall–Kier alpha value is -1.78. The number of aliphatic hydroxyl groups is 1. The largest absolute Gasteiger partial charge is 0.497 e. The van der Waals surface area contributed by atoms with Gasteiger partial charge in [-0.2, -0.15) is 0 Å². The van der Waals surface area contributed by atoms with Crippen LogP contribution in [0.4, 0.5) is 4.39 Å². The highest BCUT2D eigenvalue weighted by atomic mass is 35.5. The fourth-order valence-corrected chi connectivity index (χ4v) is 2.58. The number of aliphatic hydroxyl groups excluding tert-OH is 1. The molecule has 1 heterocycles. The van der Waals surface area contributed by atoms with Crippen LogP contribution in [0.25, 0.3) is 0 Å². The van der Waals surface area contributed by atoms with E-state index in [-0.39, 0.29) is 5.02 Å². The summed E-state index contributed by atoms with van der Waals surface area (Å²) in [6.45, 7) is 0. The molecule has 0 amide bonds. The predicted molar refractivity (Wildman–Crippen MR) is 77.3 cm³/mol. The van der Waals surface area contributed by atoms with Crippen molar-refractivity contribution < 1.29 is 19.0 Å². The van der Waals surface area contributed by atoms with E-state index in [1.54, 1.807) is 31.4 Å². The highest BCUT2D eigenvalue weighted by Gasteiger charge is 2.28. The van der Waals surface area contributed by atoms with Gasteiger partial charge >= 0.3 is 0 Å². The smallest absolute Gasteiger partial charge is 0.142 e. The van der Waals surface area contributed by atoms with Gasteiger partial charge in [-0.1, -0.05) is 17.7 Å². The number of benzene rings is 2. The summed E-state index contributed by atoms with van der Waals surface area (Å²) in [5, 5.41) is 10.3. The molecular formula is C16H14ClFO3. The first-order valence-corrected chi connectivity index (χ1v) is 6.94. The van der Waals surface area contributed by atoms with Gasteiger partial charge < -0.3 is 14.6 Å². The molecule has 2 aromatic carbocycles. The van der Waals surface area contributed by atoms with Crippen LogP contribution in [0.5, 0.6) is 11.5 Å². The van der Waals surface area contributed by atoms with Gasteiger partial charge in [-0.25, -0.2) is 4.39 Å². The highest BCUT2D eigenvalue weighted by Crippen LogP contribution is 2.42. The van der Waals surface area contributed by atoms with Gasteiger partial charge in [0.05, 0.1) is 18.2 Å². The van der Waals surface area contributed by atoms with Gasteiger partial charge in [-0.15, -0.1) is 0 Å². The molecule has 0 saturated carbocycles. The Balaban J connectivity index is 1.94. The Morgan fingerprint density at radius 1 is 1.29 bits per heavy atom. The fraction of sp³-hybridized carbons (Fsp3) is 0.250. The molecule has 110 valence electrons. The van der Waals surface area contributed by atoms with Crippen LogP contribution in [0.15, 0.2) is 36.4 Å². The zero-order chi connectivity index (χ0) is 15.0. The maximum Gasteiger partial charge on any atom is 0.142 e. The van der Waals surface area contributed by atoms with Gasteiger partial charge in [0.15, 0.2) is 0 Å². The maximum atomic E-state index is 13.6. The Morgan fingerprint density at radius 3 is 2.81 bits per heavy atom. The Morgan fingerprint density at radius 2 is 2.10 bits per heavy atom. The van der Waals surface area contributed by atoms with Crippen molar-refractivity contribution in [3.05, 3.63) is 58.4 Å². The average Bonchev–Trinajstić information content (AvgIpc) is 2.49. The molecule has 3 rings (SSSR count). The number of halogens is 2. The molecule has 0 aromatic heterocycles. The van der Waals surface area contributed by atoms with Crippen LogP contribution in [-0.4, -0.2) is 12.2 Å². The van der Waals surface area contributed by atoms with Crippen LogP contribution in [0.1, 0.15) is 29.8 Å². The van der Waals surface area contributed by atoms with Crippen LogP contribution in [-0.2, 0) is 0 Å². The minimum atomic E-state index is -0.664. The van der Waals surface area contributed by atoms with Crippen molar-refractivity contribution in [3.8, 4) is 11.5 Å². The summed E-state index contributed by atoms with van der Waals surface area (Å²) >= 11 is 5.69. The second-order valence-electron chi connectivity index (χ2n) is 4.94. The molecule has 0 aliphatic carbocycles. The normalized spacial score (nSPS) is 20.6. The third kappa shape index (κ3) is 2.69. The van der Waals surface area contributed by atoms with Gasteiger partial charge in [0.1, 0.15) is 23.4 Å². The standard InChI is InChI=1S/C16H14ClFO3/c1-20-10-3-4-11-14(19)8-15(21-16(11)7-10)9-2-5-12(17)13(18)6-9/h2-7,14-15,19H,8H2,1H3/t14-,15?/m0/s1. The number of methoxy groups -OCH3 is 1. The Labute approximate surface area is 126 Å². The van der Waals surface area contributed by atoms with Gasteiger partial charge in [0.25, 0.3) is 0 Å². The molecular weight excluding hydrogens is 295 g/mol. The second kappa shape index (κ2) is 5.54. The minimum absolute atomic E-state index is 0.0668. The summed E-state index contributed by atoms with van der Waals surface area (Å²) in [6.07, 6.45) is -0.727. The van der Waals surface area contributed by atoms with Crippen molar-refractivity contribution >= 4 is 11.6 Å². The molecule has 2 aromatic rings. The number of fused-ring (bicyclic) bond motifs is 1. The number of ether oxygens (including phenoxy) is 2. The lowest BCUT2D eigenvalue weighted by Gasteiger charge is -2.30. The molecule has 1 N–H and O–H groups in total. The van der Waals surface area contributed by atoms with E-state index in [0.29, 0.717) is 29.0 Å². The van der Waals surface area contributed by atoms with E-state index in [4.69, 9.17) is 21.1 Å². The Bertz CT molecular complexity index is 675. The van der Waals surface area contributed by atoms with Gasteiger partial charge in [0, 0.05) is 18.1 Å². The summed E-state index contributed by atoms with van der Waals surface area (Å²) in [7, 11) is 1.56. The second-order valence-corrected chi connectivity index (χ2v) is 5.34. The van der Waals surface area contributed by atoms with Crippen LogP contribution in [0.3, 0.4) is 0 Å². The van der Waals surface area contributed by atoms with E-state index in [1.165, 1.54) is 12.1 Å². The molecule has 0 spiro atoms. The number of hydrogen-bond acceptors (Lipinski definition) is 3. The molecule has 0 saturated heterocycles. The quantitative estimate of drug-likeness (QED) is 0.910. The summed E-state index contributed by atoms with van der Waals surface area (Å²) in [6, 6.07) is 9.80. The predicted octanol–water partition coefficient (Wildman–Crippen LogP) is 4.04. The number of rotatable bonds is 2. The van der Waals surface area contributed by atoms with Crippen molar-refractivity contribution in [1.82, 2.24) is 0 Å². The molecule has 1 aliphatic rings. The van der Waals surface area contributed by atoms with Crippen molar-refractivity contribution in [2.24, 2.45) is 0 Å². The summed E-state index contributed by atoms with van der Waals surface area (Å²) in [5.41, 5.74) is 1.35. The van der Waals surface area contributed by atoms with Crippen LogP contribution in [0.2, 0.25) is 5.02 Å². The third-order valence-electron chi connectivity index (χ3n) is 3.60. The van der Waals surface area contributed by atoms with Crippen LogP contribution in [0, 0.1) is 5.82 Å². The van der Waals surface area contributed by atoms with E-state index >= 15 is 0 Å². The summed E-state index contributed by atoms with van der Waals surface area (Å²) in [4.78, 5) is 0. The number of hydrogen-bond donors (Lipinski definition) is 1. The van der Waals surface area contributed by atoms with Gasteiger partial charge in [0.2, 0.25) is 0 Å².